The Morgan fingerprint density at radius 2 is 2.20 bits per heavy atom. The summed E-state index contributed by atoms with van der Waals surface area (Å²) in [6.45, 7) is 4.33. The fourth-order valence-corrected chi connectivity index (χ4v) is 3.34. The average molecular weight is 338 g/mol. The highest BCUT2D eigenvalue weighted by Gasteiger charge is 2.30. The van der Waals surface area contributed by atoms with Gasteiger partial charge in [-0.05, 0) is 53.2 Å². The molecular formula is C15H20BrN3O. The van der Waals surface area contributed by atoms with Crippen molar-refractivity contribution in [1.29, 1.82) is 0 Å². The highest BCUT2D eigenvalue weighted by atomic mass is 79.9. The highest BCUT2D eigenvalue weighted by Crippen LogP contribution is 2.40. The molecule has 1 fully saturated rings. The molecule has 2 aliphatic rings. The summed E-state index contributed by atoms with van der Waals surface area (Å²) in [6.07, 6.45) is 3.79. The Morgan fingerprint density at radius 1 is 1.45 bits per heavy atom. The second kappa shape index (κ2) is 5.37. The van der Waals surface area contributed by atoms with Crippen molar-refractivity contribution in [2.24, 2.45) is 11.7 Å². The van der Waals surface area contributed by atoms with E-state index in [1.165, 1.54) is 12.8 Å². The Hall–Kier alpha value is -1.07. The van der Waals surface area contributed by atoms with E-state index in [2.05, 4.69) is 39.1 Å². The fourth-order valence-electron chi connectivity index (χ4n) is 2.73. The number of nitrogens with one attached hydrogen (secondary N) is 1. The van der Waals surface area contributed by atoms with E-state index in [0.29, 0.717) is 0 Å². The lowest BCUT2D eigenvalue weighted by Crippen LogP contribution is -2.27. The summed E-state index contributed by atoms with van der Waals surface area (Å²) in [7, 11) is 0. The molecule has 108 valence electrons. The van der Waals surface area contributed by atoms with Gasteiger partial charge in [-0.15, -0.1) is 0 Å². The summed E-state index contributed by atoms with van der Waals surface area (Å²) < 4.78 is 1.03. The van der Waals surface area contributed by atoms with Crippen LogP contribution in [0.2, 0.25) is 0 Å². The third kappa shape index (κ3) is 2.56. The predicted molar refractivity (Wildman–Crippen MR) is 84.9 cm³/mol. The van der Waals surface area contributed by atoms with Crippen molar-refractivity contribution in [3.63, 3.8) is 0 Å². The van der Waals surface area contributed by atoms with Crippen LogP contribution in [0.15, 0.2) is 16.6 Å². The molecule has 1 aliphatic heterocycles. The fraction of sp³-hybridized carbons (Fsp3) is 0.533. The molecule has 0 aromatic heterocycles. The van der Waals surface area contributed by atoms with Crippen LogP contribution in [0.3, 0.4) is 0 Å². The van der Waals surface area contributed by atoms with Crippen LogP contribution in [0.1, 0.15) is 37.8 Å². The van der Waals surface area contributed by atoms with Crippen LogP contribution >= 0.6 is 15.9 Å². The number of benzene rings is 1. The third-order valence-corrected chi connectivity index (χ3v) is 4.64. The van der Waals surface area contributed by atoms with Gasteiger partial charge in [0.25, 0.3) is 0 Å². The summed E-state index contributed by atoms with van der Waals surface area (Å²) >= 11 is 3.64. The molecule has 4 nitrogen and oxygen atoms in total. The van der Waals surface area contributed by atoms with E-state index in [4.69, 9.17) is 5.73 Å². The number of anilines is 2. The summed E-state index contributed by atoms with van der Waals surface area (Å²) in [5.74, 6) is 0.715. The normalized spacial score (nSPS) is 20.8. The first-order valence-electron chi connectivity index (χ1n) is 7.25. The maximum absolute atomic E-state index is 11.7. The minimum absolute atomic E-state index is 0.117. The first-order valence-corrected chi connectivity index (χ1v) is 8.04. The second-order valence-corrected chi connectivity index (χ2v) is 6.60. The smallest absolute Gasteiger partial charge is 0.245 e. The maximum Gasteiger partial charge on any atom is 0.245 e. The SMILES string of the molecule is CCCN(CC1CC1)c1cc2c(cc1Br)C(N)C(=O)N2. The van der Waals surface area contributed by atoms with Crippen LogP contribution in [-0.4, -0.2) is 19.0 Å². The van der Waals surface area contributed by atoms with Crippen LogP contribution in [0, 0.1) is 5.92 Å². The second-order valence-electron chi connectivity index (χ2n) is 5.75. The van der Waals surface area contributed by atoms with Gasteiger partial charge in [-0.1, -0.05) is 6.92 Å². The number of halogens is 1. The van der Waals surface area contributed by atoms with Gasteiger partial charge in [0.15, 0.2) is 0 Å². The highest BCUT2D eigenvalue weighted by molar-refractivity contribution is 9.10. The van der Waals surface area contributed by atoms with Gasteiger partial charge >= 0.3 is 0 Å². The Kier molecular flexibility index (Phi) is 3.73. The monoisotopic (exact) mass is 337 g/mol. The van der Waals surface area contributed by atoms with Crippen molar-refractivity contribution >= 4 is 33.2 Å². The molecule has 0 bridgehead atoms. The maximum atomic E-state index is 11.7. The molecule has 0 radical (unpaired) electrons. The number of carbonyl (C=O) groups excluding carboxylic acids is 1. The quantitative estimate of drug-likeness (QED) is 0.868. The molecule has 0 spiro atoms. The van der Waals surface area contributed by atoms with Crippen LogP contribution in [0.25, 0.3) is 0 Å². The molecule has 5 heteroatoms. The van der Waals surface area contributed by atoms with Crippen LogP contribution < -0.4 is 16.0 Å². The van der Waals surface area contributed by atoms with Gasteiger partial charge < -0.3 is 16.0 Å². The van der Waals surface area contributed by atoms with Crippen molar-refractivity contribution in [3.05, 3.63) is 22.2 Å². The summed E-state index contributed by atoms with van der Waals surface area (Å²) in [5.41, 5.74) is 8.79. The zero-order valence-electron chi connectivity index (χ0n) is 11.7. The molecule has 1 unspecified atom stereocenters. The molecule has 1 aromatic rings. The zero-order chi connectivity index (χ0) is 14.3. The number of carbonyl (C=O) groups is 1. The van der Waals surface area contributed by atoms with E-state index in [-0.39, 0.29) is 5.91 Å². The van der Waals surface area contributed by atoms with E-state index < -0.39 is 6.04 Å². The largest absolute Gasteiger partial charge is 0.370 e. The molecule has 20 heavy (non-hydrogen) atoms. The van der Waals surface area contributed by atoms with Crippen LogP contribution in [0.5, 0.6) is 0 Å². The number of fused-ring (bicyclic) bond motifs is 1. The Bertz CT molecular complexity index is 542. The van der Waals surface area contributed by atoms with E-state index in [0.717, 1.165) is 46.8 Å². The zero-order valence-corrected chi connectivity index (χ0v) is 13.2. The number of rotatable bonds is 5. The summed E-state index contributed by atoms with van der Waals surface area (Å²) in [6, 6.07) is 3.50. The molecule has 3 rings (SSSR count). The van der Waals surface area contributed by atoms with E-state index in [1.807, 2.05) is 6.07 Å². The molecule has 1 atom stereocenters. The number of nitrogens with two attached hydrogens (primary N) is 1. The molecule has 1 saturated carbocycles. The van der Waals surface area contributed by atoms with Crippen LogP contribution in [-0.2, 0) is 4.79 Å². The Morgan fingerprint density at radius 3 is 2.85 bits per heavy atom. The van der Waals surface area contributed by atoms with Gasteiger partial charge in [-0.3, -0.25) is 4.79 Å². The average Bonchev–Trinajstić information content (AvgIpc) is 3.18. The molecule has 0 saturated heterocycles. The van der Waals surface area contributed by atoms with E-state index in [1.54, 1.807) is 0 Å². The number of hydrogen-bond donors (Lipinski definition) is 2. The first-order chi connectivity index (χ1) is 9.60. The molecular weight excluding hydrogens is 318 g/mol. The number of hydrogen-bond acceptors (Lipinski definition) is 3. The van der Waals surface area contributed by atoms with Gasteiger partial charge in [0.05, 0.1) is 5.69 Å². The lowest BCUT2D eigenvalue weighted by molar-refractivity contribution is -0.116. The number of amides is 1. The predicted octanol–water partition coefficient (Wildman–Crippen LogP) is 3.03. The van der Waals surface area contributed by atoms with Crippen molar-refractivity contribution in [3.8, 4) is 0 Å². The minimum atomic E-state index is -0.543. The standard InChI is InChI=1S/C15H20BrN3O/c1-2-5-19(8-9-3-4-9)13-7-12-10(6-11(13)16)14(17)15(20)18-12/h6-7,9,14H,2-5,8,17H2,1H3,(H,18,20). The van der Waals surface area contributed by atoms with Gasteiger partial charge in [0, 0.05) is 28.8 Å². The minimum Gasteiger partial charge on any atom is -0.370 e. The topological polar surface area (TPSA) is 58.4 Å². The molecule has 1 heterocycles. The van der Waals surface area contributed by atoms with Crippen LogP contribution in [0.4, 0.5) is 11.4 Å². The first kappa shape index (κ1) is 13.9. The number of nitrogens with zero attached hydrogens (tertiary/aromatic N) is 1. The summed E-state index contributed by atoms with van der Waals surface area (Å²) in [4.78, 5) is 14.1. The van der Waals surface area contributed by atoms with Gasteiger partial charge in [0.1, 0.15) is 6.04 Å². The van der Waals surface area contributed by atoms with Gasteiger partial charge in [-0.2, -0.15) is 0 Å². The van der Waals surface area contributed by atoms with E-state index >= 15 is 0 Å². The lowest BCUT2D eigenvalue weighted by atomic mass is 10.1. The Balaban J connectivity index is 1.92. The molecule has 1 amide bonds. The van der Waals surface area contributed by atoms with Gasteiger partial charge in [0.2, 0.25) is 5.91 Å². The van der Waals surface area contributed by atoms with Crippen molar-refractivity contribution in [2.75, 3.05) is 23.3 Å². The Labute approximate surface area is 127 Å². The van der Waals surface area contributed by atoms with Gasteiger partial charge in [-0.25, -0.2) is 0 Å². The summed E-state index contributed by atoms with van der Waals surface area (Å²) in [5, 5.41) is 2.87. The molecule has 3 N–H and O–H groups in total. The van der Waals surface area contributed by atoms with Crippen molar-refractivity contribution in [2.45, 2.75) is 32.2 Å². The van der Waals surface area contributed by atoms with Crippen molar-refractivity contribution in [1.82, 2.24) is 0 Å². The van der Waals surface area contributed by atoms with E-state index in [9.17, 15) is 4.79 Å². The van der Waals surface area contributed by atoms with Crippen molar-refractivity contribution < 1.29 is 4.79 Å². The molecule has 1 aliphatic carbocycles. The molecule has 1 aromatic carbocycles. The lowest BCUT2D eigenvalue weighted by Gasteiger charge is -2.26. The third-order valence-electron chi connectivity index (χ3n) is 4.00.